The van der Waals surface area contributed by atoms with E-state index in [9.17, 15) is 17.2 Å². The van der Waals surface area contributed by atoms with Gasteiger partial charge in [0, 0.05) is 25.2 Å². The van der Waals surface area contributed by atoms with Gasteiger partial charge >= 0.3 is 0 Å². The molecule has 1 fully saturated rings. The normalized spacial score (nSPS) is 17.9. The van der Waals surface area contributed by atoms with Crippen molar-refractivity contribution in [1.82, 2.24) is 29.3 Å². The molecule has 3 aromatic heterocycles. The van der Waals surface area contributed by atoms with Crippen LogP contribution in [0.4, 0.5) is 14.6 Å². The molecule has 1 aliphatic rings. The van der Waals surface area contributed by atoms with E-state index < -0.39 is 16.4 Å². The Kier molecular flexibility index (Phi) is 5.13. The number of imidazole rings is 1. The number of piperidine rings is 1. The largest absolute Gasteiger partial charge is 0.355 e. The minimum atomic E-state index is -3.30. The van der Waals surface area contributed by atoms with E-state index in [0.717, 1.165) is 25.6 Å². The molecule has 12 heteroatoms. The molecule has 0 saturated carbocycles. The number of nitrogens with zero attached hydrogens (tertiary/aromatic N) is 6. The molecule has 1 atom stereocenters. The quantitative estimate of drug-likeness (QED) is 0.665. The van der Waals surface area contributed by atoms with Crippen LogP contribution in [-0.2, 0) is 10.0 Å². The Balaban J connectivity index is 1.64. The second-order valence-corrected chi connectivity index (χ2v) is 8.69. The molecule has 0 aromatic carbocycles. The maximum absolute atomic E-state index is 13.0. The van der Waals surface area contributed by atoms with Crippen molar-refractivity contribution in [2.75, 3.05) is 24.2 Å². The maximum Gasteiger partial charge on any atom is 0.282 e. The first kappa shape index (κ1) is 19.6. The average molecular weight is 423 g/mol. The number of alkyl halides is 2. The van der Waals surface area contributed by atoms with Crippen molar-refractivity contribution in [1.29, 1.82) is 0 Å². The third kappa shape index (κ3) is 4.32. The average Bonchev–Trinajstić information content (AvgIpc) is 3.10. The topological polar surface area (TPSA) is 105 Å². The third-order valence-electron chi connectivity index (χ3n) is 4.65. The summed E-state index contributed by atoms with van der Waals surface area (Å²) in [6.07, 6.45) is 2.90. The molecule has 0 amide bonds. The Morgan fingerprint density at radius 2 is 2.07 bits per heavy atom. The zero-order chi connectivity index (χ0) is 20.6. The van der Waals surface area contributed by atoms with E-state index in [4.69, 9.17) is 0 Å². The van der Waals surface area contributed by atoms with Crippen molar-refractivity contribution in [3.05, 3.63) is 36.4 Å². The smallest absolute Gasteiger partial charge is 0.282 e. The van der Waals surface area contributed by atoms with Gasteiger partial charge in [0.2, 0.25) is 10.0 Å². The molecular weight excluding hydrogens is 404 g/mol. The molecule has 1 aliphatic heterocycles. The molecule has 1 saturated heterocycles. The summed E-state index contributed by atoms with van der Waals surface area (Å²) >= 11 is 0. The molecule has 9 nitrogen and oxygen atoms in total. The van der Waals surface area contributed by atoms with Crippen molar-refractivity contribution in [3.8, 4) is 11.4 Å². The summed E-state index contributed by atoms with van der Waals surface area (Å²) in [4.78, 5) is 14.7. The van der Waals surface area contributed by atoms with Crippen LogP contribution in [-0.4, -0.2) is 58.4 Å². The Labute approximate surface area is 165 Å². The van der Waals surface area contributed by atoms with Crippen LogP contribution in [0.25, 0.3) is 17.0 Å². The predicted molar refractivity (Wildman–Crippen MR) is 102 cm³/mol. The van der Waals surface area contributed by atoms with Gasteiger partial charge in [0.1, 0.15) is 23.5 Å². The Morgan fingerprint density at radius 1 is 1.24 bits per heavy atom. The van der Waals surface area contributed by atoms with E-state index in [-0.39, 0.29) is 11.7 Å². The number of aromatic nitrogens is 5. The van der Waals surface area contributed by atoms with Crippen LogP contribution in [0.15, 0.2) is 30.7 Å². The van der Waals surface area contributed by atoms with Gasteiger partial charge in [0.25, 0.3) is 6.43 Å². The van der Waals surface area contributed by atoms with Crippen LogP contribution in [0.2, 0.25) is 0 Å². The van der Waals surface area contributed by atoms with Crippen LogP contribution in [0, 0.1) is 0 Å². The van der Waals surface area contributed by atoms with Crippen molar-refractivity contribution in [3.63, 3.8) is 0 Å². The van der Waals surface area contributed by atoms with Crippen LogP contribution in [0.1, 0.15) is 25.0 Å². The van der Waals surface area contributed by atoms with Crippen LogP contribution >= 0.6 is 0 Å². The van der Waals surface area contributed by atoms with Crippen molar-refractivity contribution in [2.24, 2.45) is 0 Å². The monoisotopic (exact) mass is 423 g/mol. The lowest BCUT2D eigenvalue weighted by molar-refractivity contribution is 0.144. The highest BCUT2D eigenvalue weighted by atomic mass is 32.2. The first-order valence-corrected chi connectivity index (χ1v) is 10.9. The molecule has 0 bridgehead atoms. The number of rotatable bonds is 5. The van der Waals surface area contributed by atoms with Gasteiger partial charge in [0.05, 0.1) is 18.1 Å². The number of fused-ring (bicyclic) bond motifs is 1. The van der Waals surface area contributed by atoms with Crippen molar-refractivity contribution in [2.45, 2.75) is 25.3 Å². The summed E-state index contributed by atoms with van der Waals surface area (Å²) in [6.45, 7) is 1.20. The summed E-state index contributed by atoms with van der Waals surface area (Å²) in [5, 5.41) is 3.96. The molecular formula is C17H19F2N7O2S. The van der Waals surface area contributed by atoms with E-state index in [1.807, 2.05) is 4.90 Å². The molecule has 0 radical (unpaired) electrons. The van der Waals surface area contributed by atoms with Gasteiger partial charge in [-0.2, -0.15) is 5.10 Å². The fourth-order valence-corrected chi connectivity index (χ4v) is 4.22. The van der Waals surface area contributed by atoms with Gasteiger partial charge in [-0.15, -0.1) is 0 Å². The fourth-order valence-electron chi connectivity index (χ4n) is 3.42. The van der Waals surface area contributed by atoms with E-state index in [1.165, 1.54) is 29.2 Å². The Hall–Kier alpha value is -2.73. The molecule has 3 aromatic rings. The highest BCUT2D eigenvalue weighted by molar-refractivity contribution is 7.88. The van der Waals surface area contributed by atoms with E-state index in [2.05, 4.69) is 24.8 Å². The molecule has 0 spiro atoms. The zero-order valence-electron chi connectivity index (χ0n) is 15.5. The van der Waals surface area contributed by atoms with Crippen LogP contribution < -0.4 is 9.62 Å². The fraction of sp³-hybridized carbons (Fsp3) is 0.412. The lowest BCUT2D eigenvalue weighted by atomic mass is 10.1. The van der Waals surface area contributed by atoms with Gasteiger partial charge in [-0.05, 0) is 25.0 Å². The van der Waals surface area contributed by atoms with Crippen molar-refractivity contribution >= 4 is 21.5 Å². The maximum atomic E-state index is 13.0. The highest BCUT2D eigenvalue weighted by Crippen LogP contribution is 2.25. The van der Waals surface area contributed by atoms with E-state index in [0.29, 0.717) is 29.4 Å². The van der Waals surface area contributed by atoms with Crippen molar-refractivity contribution < 1.29 is 17.2 Å². The first-order chi connectivity index (χ1) is 13.8. The van der Waals surface area contributed by atoms with Gasteiger partial charge in [0.15, 0.2) is 5.65 Å². The summed E-state index contributed by atoms with van der Waals surface area (Å²) in [5.41, 5.74) is 1.03. The lowest BCUT2D eigenvalue weighted by Crippen LogP contribution is -2.47. The summed E-state index contributed by atoms with van der Waals surface area (Å²) in [5.74, 6) is 0.620. The highest BCUT2D eigenvalue weighted by Gasteiger charge is 2.24. The predicted octanol–water partition coefficient (Wildman–Crippen LogP) is 1.64. The minimum absolute atomic E-state index is 0.205. The van der Waals surface area contributed by atoms with Gasteiger partial charge in [-0.1, -0.05) is 0 Å². The van der Waals surface area contributed by atoms with Gasteiger partial charge < -0.3 is 4.90 Å². The van der Waals surface area contributed by atoms with Crippen LogP contribution in [0.5, 0.6) is 0 Å². The SMILES string of the molecule is CS(=O)(=O)NC1CCCN(c2cc(-c3cnc4ccc(C(F)F)nn34)ncn2)C1. The number of anilines is 1. The minimum Gasteiger partial charge on any atom is -0.355 e. The molecule has 4 heterocycles. The van der Waals surface area contributed by atoms with Gasteiger partial charge in [-0.3, -0.25) is 0 Å². The third-order valence-corrected chi connectivity index (χ3v) is 5.41. The summed E-state index contributed by atoms with van der Waals surface area (Å²) in [6, 6.07) is 4.24. The van der Waals surface area contributed by atoms with Gasteiger partial charge in [-0.25, -0.2) is 41.4 Å². The Morgan fingerprint density at radius 3 is 2.83 bits per heavy atom. The molecule has 29 heavy (non-hydrogen) atoms. The molecule has 154 valence electrons. The molecule has 1 unspecified atom stereocenters. The standard InChI is InChI=1S/C17H19F2N7O2S/c1-29(27,28)24-11-3-2-6-25(9-11)16-7-13(21-10-22-16)14-8-20-15-5-4-12(17(18)19)23-26(14)15/h4-5,7-8,10-11,17,24H,2-3,6,9H2,1H3. The molecule has 4 rings (SSSR count). The van der Waals surface area contributed by atoms with E-state index >= 15 is 0 Å². The molecule has 0 aliphatic carbocycles. The zero-order valence-corrected chi connectivity index (χ0v) is 16.4. The Bertz CT molecular complexity index is 1140. The summed E-state index contributed by atoms with van der Waals surface area (Å²) in [7, 11) is -3.30. The van der Waals surface area contributed by atoms with E-state index in [1.54, 1.807) is 6.07 Å². The summed E-state index contributed by atoms with van der Waals surface area (Å²) < 4.78 is 53.1. The lowest BCUT2D eigenvalue weighted by Gasteiger charge is -2.33. The first-order valence-electron chi connectivity index (χ1n) is 8.97. The molecule has 1 N–H and O–H groups in total. The number of hydrogen-bond acceptors (Lipinski definition) is 7. The number of sulfonamides is 1. The number of hydrogen-bond donors (Lipinski definition) is 1. The number of nitrogens with one attached hydrogen (secondary N) is 1. The van der Waals surface area contributed by atoms with Crippen LogP contribution in [0.3, 0.4) is 0 Å². The second kappa shape index (κ2) is 7.59. The number of halogens is 2. The second-order valence-electron chi connectivity index (χ2n) is 6.91.